The molecule has 2 aromatic rings. The van der Waals surface area contributed by atoms with E-state index in [9.17, 15) is 9.18 Å². The van der Waals surface area contributed by atoms with Gasteiger partial charge in [-0.05, 0) is 47.9 Å². The van der Waals surface area contributed by atoms with Crippen LogP contribution in [0.4, 0.5) is 4.39 Å². The van der Waals surface area contributed by atoms with Crippen LogP contribution in [-0.2, 0) is 0 Å². The molecule has 0 fully saturated rings. The molecule has 0 heterocycles. The molecule has 0 aliphatic rings. The SMILES string of the molecule is CC(C)c1cc(Br)ccc1Oc1ccc(F)cc1C(=O)O. The Morgan fingerprint density at radius 1 is 1.19 bits per heavy atom. The molecular formula is C16H14BrFO3. The number of benzene rings is 2. The Kier molecular flexibility index (Phi) is 4.63. The van der Waals surface area contributed by atoms with E-state index in [4.69, 9.17) is 9.84 Å². The van der Waals surface area contributed by atoms with Crippen molar-refractivity contribution in [3.05, 3.63) is 57.8 Å². The number of ether oxygens (including phenoxy) is 1. The standard InChI is InChI=1S/C16H14BrFO3/c1-9(2)12-7-10(17)3-5-14(12)21-15-6-4-11(18)8-13(15)16(19)20/h3-9H,1-2H3,(H,19,20). The maximum Gasteiger partial charge on any atom is 0.339 e. The van der Waals surface area contributed by atoms with Crippen molar-refractivity contribution in [2.75, 3.05) is 0 Å². The summed E-state index contributed by atoms with van der Waals surface area (Å²) in [4.78, 5) is 11.2. The molecule has 21 heavy (non-hydrogen) atoms. The van der Waals surface area contributed by atoms with Crippen molar-refractivity contribution in [2.45, 2.75) is 19.8 Å². The normalized spacial score (nSPS) is 10.7. The lowest BCUT2D eigenvalue weighted by Gasteiger charge is -2.15. The third-order valence-electron chi connectivity index (χ3n) is 2.99. The Bertz CT molecular complexity index is 683. The van der Waals surface area contributed by atoms with E-state index >= 15 is 0 Å². The highest BCUT2D eigenvalue weighted by Gasteiger charge is 2.16. The first kappa shape index (κ1) is 15.5. The van der Waals surface area contributed by atoms with Gasteiger partial charge in [0.15, 0.2) is 0 Å². The lowest BCUT2D eigenvalue weighted by atomic mass is 10.0. The molecule has 0 amide bonds. The minimum Gasteiger partial charge on any atom is -0.478 e. The Morgan fingerprint density at radius 2 is 1.86 bits per heavy atom. The zero-order valence-electron chi connectivity index (χ0n) is 11.6. The molecule has 1 N–H and O–H groups in total. The molecule has 2 rings (SSSR count). The minimum absolute atomic E-state index is 0.119. The van der Waals surface area contributed by atoms with Crippen LogP contribution in [0.3, 0.4) is 0 Å². The topological polar surface area (TPSA) is 46.5 Å². The molecule has 0 atom stereocenters. The van der Waals surface area contributed by atoms with Gasteiger partial charge >= 0.3 is 5.97 Å². The number of rotatable bonds is 4. The van der Waals surface area contributed by atoms with Gasteiger partial charge in [-0.1, -0.05) is 29.8 Å². The van der Waals surface area contributed by atoms with Crippen molar-refractivity contribution in [3.8, 4) is 11.5 Å². The lowest BCUT2D eigenvalue weighted by Crippen LogP contribution is -2.02. The van der Waals surface area contributed by atoms with Crippen molar-refractivity contribution in [1.82, 2.24) is 0 Å². The van der Waals surface area contributed by atoms with E-state index in [0.717, 1.165) is 16.1 Å². The third kappa shape index (κ3) is 3.61. The summed E-state index contributed by atoms with van der Waals surface area (Å²) in [7, 11) is 0. The Morgan fingerprint density at radius 3 is 2.48 bits per heavy atom. The average molecular weight is 353 g/mol. The quantitative estimate of drug-likeness (QED) is 0.822. The highest BCUT2D eigenvalue weighted by molar-refractivity contribution is 9.10. The molecule has 0 saturated carbocycles. The number of aromatic carboxylic acids is 1. The summed E-state index contributed by atoms with van der Waals surface area (Å²) >= 11 is 3.40. The number of carboxylic acids is 1. The van der Waals surface area contributed by atoms with E-state index in [0.29, 0.717) is 5.75 Å². The maximum absolute atomic E-state index is 13.2. The Balaban J connectivity index is 2.46. The predicted molar refractivity (Wildman–Crippen MR) is 81.7 cm³/mol. The lowest BCUT2D eigenvalue weighted by molar-refractivity contribution is 0.0693. The van der Waals surface area contributed by atoms with Crippen molar-refractivity contribution in [2.24, 2.45) is 0 Å². The van der Waals surface area contributed by atoms with E-state index < -0.39 is 11.8 Å². The van der Waals surface area contributed by atoms with Crippen LogP contribution >= 0.6 is 15.9 Å². The first-order chi connectivity index (χ1) is 9.88. The summed E-state index contributed by atoms with van der Waals surface area (Å²) in [5, 5.41) is 9.14. The van der Waals surface area contributed by atoms with Gasteiger partial charge < -0.3 is 9.84 Å². The van der Waals surface area contributed by atoms with Crippen LogP contribution in [0.2, 0.25) is 0 Å². The number of hydrogen-bond acceptors (Lipinski definition) is 2. The Hall–Kier alpha value is -1.88. The van der Waals surface area contributed by atoms with Gasteiger partial charge in [-0.2, -0.15) is 0 Å². The van der Waals surface area contributed by atoms with Crippen LogP contribution < -0.4 is 4.74 Å². The molecule has 0 spiro atoms. The summed E-state index contributed by atoms with van der Waals surface area (Å²) in [5.74, 6) is -0.964. The van der Waals surface area contributed by atoms with Crippen molar-refractivity contribution < 1.29 is 19.0 Å². The van der Waals surface area contributed by atoms with Gasteiger partial charge in [0.2, 0.25) is 0 Å². The number of hydrogen-bond donors (Lipinski definition) is 1. The monoisotopic (exact) mass is 352 g/mol. The molecule has 0 unspecified atom stereocenters. The van der Waals surface area contributed by atoms with Crippen molar-refractivity contribution in [3.63, 3.8) is 0 Å². The summed E-state index contributed by atoms with van der Waals surface area (Å²) in [6, 6.07) is 8.94. The highest BCUT2D eigenvalue weighted by atomic mass is 79.9. The van der Waals surface area contributed by atoms with Crippen LogP contribution in [0.15, 0.2) is 40.9 Å². The second-order valence-corrected chi connectivity index (χ2v) is 5.80. The van der Waals surface area contributed by atoms with Gasteiger partial charge in [0.25, 0.3) is 0 Å². The van der Waals surface area contributed by atoms with Gasteiger partial charge in [0.05, 0.1) is 0 Å². The molecule has 0 aliphatic heterocycles. The third-order valence-corrected chi connectivity index (χ3v) is 3.48. The number of carboxylic acid groups (broad SMARTS) is 1. The average Bonchev–Trinajstić information content (AvgIpc) is 2.42. The maximum atomic E-state index is 13.2. The number of halogens is 2. The van der Waals surface area contributed by atoms with E-state index in [-0.39, 0.29) is 17.2 Å². The molecular weight excluding hydrogens is 339 g/mol. The first-order valence-electron chi connectivity index (χ1n) is 6.38. The van der Waals surface area contributed by atoms with E-state index in [1.54, 1.807) is 6.07 Å². The minimum atomic E-state index is -1.23. The van der Waals surface area contributed by atoms with Gasteiger partial charge in [0.1, 0.15) is 22.9 Å². The summed E-state index contributed by atoms with van der Waals surface area (Å²) < 4.78 is 19.8. The molecule has 0 saturated heterocycles. The largest absolute Gasteiger partial charge is 0.478 e. The smallest absolute Gasteiger partial charge is 0.339 e. The van der Waals surface area contributed by atoms with E-state index in [1.165, 1.54) is 12.1 Å². The van der Waals surface area contributed by atoms with E-state index in [1.807, 2.05) is 26.0 Å². The van der Waals surface area contributed by atoms with Crippen LogP contribution in [0.25, 0.3) is 0 Å². The zero-order chi connectivity index (χ0) is 15.6. The molecule has 0 aliphatic carbocycles. The van der Waals surface area contributed by atoms with Gasteiger partial charge in [-0.25, -0.2) is 9.18 Å². The molecule has 5 heteroatoms. The fourth-order valence-electron chi connectivity index (χ4n) is 1.94. The van der Waals surface area contributed by atoms with Crippen LogP contribution in [-0.4, -0.2) is 11.1 Å². The fourth-order valence-corrected chi connectivity index (χ4v) is 2.32. The van der Waals surface area contributed by atoms with Gasteiger partial charge in [-0.3, -0.25) is 0 Å². The number of carbonyl (C=O) groups is 1. The van der Waals surface area contributed by atoms with Crippen LogP contribution in [0.1, 0.15) is 35.7 Å². The fraction of sp³-hybridized carbons (Fsp3) is 0.188. The molecule has 110 valence electrons. The van der Waals surface area contributed by atoms with E-state index in [2.05, 4.69) is 15.9 Å². The van der Waals surface area contributed by atoms with Crippen LogP contribution in [0.5, 0.6) is 11.5 Å². The van der Waals surface area contributed by atoms with Gasteiger partial charge in [0, 0.05) is 4.47 Å². The molecule has 2 aromatic carbocycles. The second kappa shape index (κ2) is 6.26. The molecule has 3 nitrogen and oxygen atoms in total. The summed E-state index contributed by atoms with van der Waals surface area (Å²) in [6.07, 6.45) is 0. The van der Waals surface area contributed by atoms with Crippen molar-refractivity contribution >= 4 is 21.9 Å². The highest BCUT2D eigenvalue weighted by Crippen LogP contribution is 2.34. The van der Waals surface area contributed by atoms with Crippen LogP contribution in [0, 0.1) is 5.82 Å². The Labute approximate surface area is 130 Å². The predicted octanol–water partition coefficient (Wildman–Crippen LogP) is 5.20. The van der Waals surface area contributed by atoms with Crippen molar-refractivity contribution in [1.29, 1.82) is 0 Å². The first-order valence-corrected chi connectivity index (χ1v) is 7.18. The molecule has 0 radical (unpaired) electrons. The molecule has 0 bridgehead atoms. The second-order valence-electron chi connectivity index (χ2n) is 4.88. The zero-order valence-corrected chi connectivity index (χ0v) is 13.1. The summed E-state index contributed by atoms with van der Waals surface area (Å²) in [6.45, 7) is 4.02. The summed E-state index contributed by atoms with van der Waals surface area (Å²) in [5.41, 5.74) is 0.734. The molecule has 0 aromatic heterocycles. The van der Waals surface area contributed by atoms with Gasteiger partial charge in [-0.15, -0.1) is 0 Å².